The molecule has 2 rings (SSSR count). The van der Waals surface area contributed by atoms with Crippen molar-refractivity contribution in [3.05, 3.63) is 24.9 Å². The first-order chi connectivity index (χ1) is 6.31. The Balaban J connectivity index is 2.12. The highest BCUT2D eigenvalue weighted by Gasteiger charge is 2.33. The topological polar surface area (TPSA) is 36.3 Å². The van der Waals surface area contributed by atoms with E-state index in [-0.39, 0.29) is 13.2 Å². The molecule has 1 aliphatic rings. The summed E-state index contributed by atoms with van der Waals surface area (Å²) in [4.78, 5) is 0. The summed E-state index contributed by atoms with van der Waals surface area (Å²) < 4.78 is 12.7. The number of aryl methyl sites for hydroxylation is 1. The molecular weight excluding hydrogens is 167 g/mol. The summed E-state index contributed by atoms with van der Waals surface area (Å²) in [7, 11) is 1.57. The standard InChI is InChI=1S/C8H11BN2O2/c1-3-7-6-12-9(13-7)8-4-5-10-11(8)2/h3-5,7H,1,6H2,2H3. The van der Waals surface area contributed by atoms with Gasteiger partial charge in [0.1, 0.15) is 0 Å². The average molecular weight is 178 g/mol. The fourth-order valence-electron chi connectivity index (χ4n) is 1.31. The van der Waals surface area contributed by atoms with Crippen molar-refractivity contribution in [1.82, 2.24) is 9.78 Å². The Kier molecular flexibility index (Phi) is 2.20. The molecule has 1 fully saturated rings. The zero-order chi connectivity index (χ0) is 9.26. The number of aromatic nitrogens is 2. The van der Waals surface area contributed by atoms with Crippen LogP contribution in [0.25, 0.3) is 0 Å². The summed E-state index contributed by atoms with van der Waals surface area (Å²) in [6, 6.07) is 1.89. The summed E-state index contributed by atoms with van der Waals surface area (Å²) in [5, 5.41) is 4.04. The second-order valence-electron chi connectivity index (χ2n) is 2.96. The quantitative estimate of drug-likeness (QED) is 0.461. The molecule has 1 saturated heterocycles. The van der Waals surface area contributed by atoms with Gasteiger partial charge in [0.05, 0.1) is 18.3 Å². The van der Waals surface area contributed by atoms with Gasteiger partial charge < -0.3 is 9.31 Å². The Morgan fingerprint density at radius 3 is 3.23 bits per heavy atom. The molecule has 1 aromatic rings. The van der Waals surface area contributed by atoms with Crippen molar-refractivity contribution >= 4 is 12.7 Å². The lowest BCUT2D eigenvalue weighted by Gasteiger charge is -2.04. The maximum absolute atomic E-state index is 5.53. The van der Waals surface area contributed by atoms with E-state index in [0.29, 0.717) is 6.61 Å². The molecule has 1 aromatic heterocycles. The van der Waals surface area contributed by atoms with E-state index < -0.39 is 0 Å². The smallest absolute Gasteiger partial charge is 0.403 e. The van der Waals surface area contributed by atoms with Crippen molar-refractivity contribution < 1.29 is 9.31 Å². The molecule has 0 aromatic carbocycles. The average Bonchev–Trinajstić information content (AvgIpc) is 2.71. The summed E-state index contributed by atoms with van der Waals surface area (Å²) in [5.74, 6) is 0. The van der Waals surface area contributed by atoms with Crippen LogP contribution in [0.1, 0.15) is 0 Å². The van der Waals surface area contributed by atoms with Gasteiger partial charge in [0.25, 0.3) is 0 Å². The maximum Gasteiger partial charge on any atom is 0.513 e. The minimum atomic E-state index is -0.296. The van der Waals surface area contributed by atoms with Gasteiger partial charge in [-0.2, -0.15) is 5.10 Å². The third-order valence-electron chi connectivity index (χ3n) is 2.07. The monoisotopic (exact) mass is 178 g/mol. The highest BCUT2D eigenvalue weighted by Crippen LogP contribution is 2.08. The second kappa shape index (κ2) is 3.36. The third-order valence-corrected chi connectivity index (χ3v) is 2.07. The van der Waals surface area contributed by atoms with E-state index in [1.807, 2.05) is 13.1 Å². The lowest BCUT2D eigenvalue weighted by molar-refractivity contribution is 0.289. The van der Waals surface area contributed by atoms with Crippen LogP contribution in [-0.2, 0) is 16.4 Å². The molecule has 2 heterocycles. The Morgan fingerprint density at radius 1 is 1.85 bits per heavy atom. The lowest BCUT2D eigenvalue weighted by Crippen LogP contribution is -2.37. The van der Waals surface area contributed by atoms with E-state index in [1.54, 1.807) is 17.0 Å². The molecule has 0 bridgehead atoms. The van der Waals surface area contributed by atoms with Gasteiger partial charge in [0, 0.05) is 13.2 Å². The normalized spacial score (nSPS) is 22.2. The lowest BCUT2D eigenvalue weighted by atomic mass is 9.85. The maximum atomic E-state index is 5.53. The Labute approximate surface area is 77.3 Å². The van der Waals surface area contributed by atoms with Crippen LogP contribution in [0.2, 0.25) is 0 Å². The summed E-state index contributed by atoms with van der Waals surface area (Å²) in [6.07, 6.45) is 3.47. The first-order valence-electron chi connectivity index (χ1n) is 4.19. The molecule has 0 N–H and O–H groups in total. The molecular formula is C8H11BN2O2. The van der Waals surface area contributed by atoms with E-state index in [1.165, 1.54) is 0 Å². The number of hydrogen-bond donors (Lipinski definition) is 0. The molecule has 0 amide bonds. The van der Waals surface area contributed by atoms with Crippen LogP contribution >= 0.6 is 0 Å². The van der Waals surface area contributed by atoms with Gasteiger partial charge in [-0.05, 0) is 6.07 Å². The van der Waals surface area contributed by atoms with Gasteiger partial charge in [-0.15, -0.1) is 6.58 Å². The molecule has 4 nitrogen and oxygen atoms in total. The SMILES string of the molecule is C=CC1COB(c2ccnn2C)O1. The minimum absolute atomic E-state index is 0.0000926. The van der Waals surface area contributed by atoms with Crippen LogP contribution in [0.4, 0.5) is 0 Å². The largest absolute Gasteiger partial charge is 0.513 e. The van der Waals surface area contributed by atoms with Gasteiger partial charge >= 0.3 is 7.12 Å². The van der Waals surface area contributed by atoms with Crippen molar-refractivity contribution in [1.29, 1.82) is 0 Å². The number of rotatable bonds is 2. The molecule has 1 aliphatic heterocycles. The highest BCUT2D eigenvalue weighted by molar-refractivity contribution is 6.60. The van der Waals surface area contributed by atoms with Gasteiger partial charge in [-0.1, -0.05) is 6.08 Å². The van der Waals surface area contributed by atoms with Gasteiger partial charge in [0.2, 0.25) is 0 Å². The van der Waals surface area contributed by atoms with Crippen molar-refractivity contribution in [2.45, 2.75) is 6.10 Å². The van der Waals surface area contributed by atoms with Crippen molar-refractivity contribution in [3.8, 4) is 0 Å². The molecule has 0 radical (unpaired) electrons. The van der Waals surface area contributed by atoms with Crippen LogP contribution < -0.4 is 5.59 Å². The Bertz CT molecular complexity index is 313. The Hall–Kier alpha value is -1.07. The second-order valence-corrected chi connectivity index (χ2v) is 2.96. The van der Waals surface area contributed by atoms with Crippen LogP contribution in [0.15, 0.2) is 24.9 Å². The van der Waals surface area contributed by atoms with Crippen LogP contribution in [-0.4, -0.2) is 29.6 Å². The fraction of sp³-hybridized carbons (Fsp3) is 0.375. The zero-order valence-corrected chi connectivity index (χ0v) is 7.51. The summed E-state index contributed by atoms with van der Waals surface area (Å²) in [5.41, 5.74) is 0.935. The molecule has 1 atom stereocenters. The van der Waals surface area contributed by atoms with Crippen molar-refractivity contribution in [2.75, 3.05) is 6.61 Å². The Morgan fingerprint density at radius 2 is 2.69 bits per heavy atom. The van der Waals surface area contributed by atoms with Crippen LogP contribution in [0.5, 0.6) is 0 Å². The van der Waals surface area contributed by atoms with Crippen molar-refractivity contribution in [2.24, 2.45) is 7.05 Å². The molecule has 0 spiro atoms. The minimum Gasteiger partial charge on any atom is -0.403 e. The van der Waals surface area contributed by atoms with E-state index in [0.717, 1.165) is 5.59 Å². The molecule has 1 unspecified atom stereocenters. The van der Waals surface area contributed by atoms with Crippen LogP contribution in [0, 0.1) is 0 Å². The predicted molar refractivity (Wildman–Crippen MR) is 49.6 cm³/mol. The summed E-state index contributed by atoms with van der Waals surface area (Å²) in [6.45, 7) is 4.22. The van der Waals surface area contributed by atoms with E-state index in [9.17, 15) is 0 Å². The highest BCUT2D eigenvalue weighted by atomic mass is 16.6. The number of nitrogens with zero attached hydrogens (tertiary/aromatic N) is 2. The van der Waals surface area contributed by atoms with E-state index in [4.69, 9.17) is 9.31 Å². The molecule has 0 aliphatic carbocycles. The van der Waals surface area contributed by atoms with Gasteiger partial charge in [0.15, 0.2) is 0 Å². The molecule has 5 heteroatoms. The first kappa shape index (κ1) is 8.53. The summed E-state index contributed by atoms with van der Waals surface area (Å²) >= 11 is 0. The zero-order valence-electron chi connectivity index (χ0n) is 7.51. The number of hydrogen-bond acceptors (Lipinski definition) is 3. The van der Waals surface area contributed by atoms with E-state index >= 15 is 0 Å². The predicted octanol–water partition coefficient (Wildman–Crippen LogP) is -0.283. The van der Waals surface area contributed by atoms with Gasteiger partial charge in [-0.3, -0.25) is 4.68 Å². The first-order valence-corrected chi connectivity index (χ1v) is 4.19. The fourth-order valence-corrected chi connectivity index (χ4v) is 1.31. The molecule has 0 saturated carbocycles. The van der Waals surface area contributed by atoms with Gasteiger partial charge in [-0.25, -0.2) is 0 Å². The van der Waals surface area contributed by atoms with Crippen molar-refractivity contribution in [3.63, 3.8) is 0 Å². The van der Waals surface area contributed by atoms with Crippen LogP contribution in [0.3, 0.4) is 0 Å². The molecule has 68 valence electrons. The van der Waals surface area contributed by atoms with E-state index in [2.05, 4.69) is 11.7 Å². The third kappa shape index (κ3) is 1.52. The molecule has 13 heavy (non-hydrogen) atoms.